The first-order valence-electron chi connectivity index (χ1n) is 5.84. The molecule has 0 fully saturated rings. The standard InChI is InChI=1S/C14H12BrN3S/c15-13-6-5-12(19-13)14(18-16)10-4-3-9-2-1-7-17-11(9)8-10/h1-8,14,18H,16H2. The lowest BCUT2D eigenvalue weighted by Crippen LogP contribution is -2.28. The number of hydrogen-bond donors (Lipinski definition) is 2. The fraction of sp³-hybridized carbons (Fsp3) is 0.0714. The van der Waals surface area contributed by atoms with Crippen LogP contribution in [0.3, 0.4) is 0 Å². The molecule has 0 aliphatic heterocycles. The Labute approximate surface area is 123 Å². The van der Waals surface area contributed by atoms with E-state index in [9.17, 15) is 0 Å². The second-order valence-electron chi connectivity index (χ2n) is 4.20. The van der Waals surface area contributed by atoms with Gasteiger partial charge < -0.3 is 0 Å². The largest absolute Gasteiger partial charge is 0.271 e. The van der Waals surface area contributed by atoms with Gasteiger partial charge in [0, 0.05) is 16.5 Å². The number of nitrogens with zero attached hydrogens (tertiary/aromatic N) is 1. The number of pyridine rings is 1. The van der Waals surface area contributed by atoms with Gasteiger partial charge in [-0.3, -0.25) is 10.8 Å². The lowest BCUT2D eigenvalue weighted by Gasteiger charge is -2.15. The van der Waals surface area contributed by atoms with E-state index in [-0.39, 0.29) is 6.04 Å². The number of nitrogens with two attached hydrogens (primary N) is 1. The quantitative estimate of drug-likeness (QED) is 0.568. The van der Waals surface area contributed by atoms with Crippen LogP contribution in [0.25, 0.3) is 10.9 Å². The Morgan fingerprint density at radius 1 is 1.21 bits per heavy atom. The molecule has 3 N–H and O–H groups in total. The highest BCUT2D eigenvalue weighted by Crippen LogP contribution is 2.31. The number of halogens is 1. The van der Waals surface area contributed by atoms with Crippen molar-refractivity contribution in [2.24, 2.45) is 5.84 Å². The highest BCUT2D eigenvalue weighted by atomic mass is 79.9. The van der Waals surface area contributed by atoms with Gasteiger partial charge in [0.15, 0.2) is 0 Å². The van der Waals surface area contributed by atoms with E-state index in [0.717, 1.165) is 20.3 Å². The van der Waals surface area contributed by atoms with Gasteiger partial charge in [-0.15, -0.1) is 11.3 Å². The van der Waals surface area contributed by atoms with Crippen molar-refractivity contribution in [3.8, 4) is 0 Å². The second kappa shape index (κ2) is 5.38. The smallest absolute Gasteiger partial charge is 0.0803 e. The summed E-state index contributed by atoms with van der Waals surface area (Å²) in [5.74, 6) is 5.71. The first kappa shape index (κ1) is 12.7. The van der Waals surface area contributed by atoms with Gasteiger partial charge in [0.1, 0.15) is 0 Å². The van der Waals surface area contributed by atoms with Gasteiger partial charge in [-0.1, -0.05) is 18.2 Å². The van der Waals surface area contributed by atoms with Crippen LogP contribution in [0, 0.1) is 0 Å². The van der Waals surface area contributed by atoms with E-state index in [1.807, 2.05) is 12.1 Å². The maximum atomic E-state index is 5.71. The van der Waals surface area contributed by atoms with Gasteiger partial charge in [0.05, 0.1) is 15.3 Å². The van der Waals surface area contributed by atoms with Crippen LogP contribution in [0.4, 0.5) is 0 Å². The zero-order valence-electron chi connectivity index (χ0n) is 10.0. The van der Waals surface area contributed by atoms with Crippen LogP contribution in [-0.2, 0) is 0 Å². The Bertz CT molecular complexity index is 710. The molecule has 0 aliphatic rings. The summed E-state index contributed by atoms with van der Waals surface area (Å²) in [7, 11) is 0. The summed E-state index contributed by atoms with van der Waals surface area (Å²) in [4.78, 5) is 5.55. The minimum Gasteiger partial charge on any atom is -0.271 e. The summed E-state index contributed by atoms with van der Waals surface area (Å²) < 4.78 is 1.10. The van der Waals surface area contributed by atoms with Crippen molar-refractivity contribution >= 4 is 38.2 Å². The van der Waals surface area contributed by atoms with Crippen molar-refractivity contribution in [2.45, 2.75) is 6.04 Å². The van der Waals surface area contributed by atoms with Crippen molar-refractivity contribution in [3.05, 3.63) is 62.9 Å². The van der Waals surface area contributed by atoms with Crippen LogP contribution in [0.15, 0.2) is 52.4 Å². The van der Waals surface area contributed by atoms with Gasteiger partial charge in [-0.05, 0) is 45.8 Å². The van der Waals surface area contributed by atoms with Crippen molar-refractivity contribution in [1.29, 1.82) is 0 Å². The number of aromatic nitrogens is 1. The molecule has 0 saturated heterocycles. The summed E-state index contributed by atoms with van der Waals surface area (Å²) in [5.41, 5.74) is 4.97. The van der Waals surface area contributed by atoms with Gasteiger partial charge >= 0.3 is 0 Å². The molecule has 1 aromatic carbocycles. The lowest BCUT2D eigenvalue weighted by molar-refractivity contribution is 0.647. The molecular weight excluding hydrogens is 322 g/mol. The lowest BCUT2D eigenvalue weighted by atomic mass is 10.0. The van der Waals surface area contributed by atoms with Crippen LogP contribution in [0.2, 0.25) is 0 Å². The zero-order valence-corrected chi connectivity index (χ0v) is 12.4. The first-order chi connectivity index (χ1) is 9.28. The topological polar surface area (TPSA) is 50.9 Å². The normalized spacial score (nSPS) is 12.7. The number of hydrogen-bond acceptors (Lipinski definition) is 4. The van der Waals surface area contributed by atoms with E-state index in [1.165, 1.54) is 4.88 Å². The molecule has 3 nitrogen and oxygen atoms in total. The summed E-state index contributed by atoms with van der Waals surface area (Å²) >= 11 is 5.15. The van der Waals surface area contributed by atoms with E-state index >= 15 is 0 Å². The molecule has 96 valence electrons. The van der Waals surface area contributed by atoms with E-state index < -0.39 is 0 Å². The molecule has 2 heterocycles. The van der Waals surface area contributed by atoms with Gasteiger partial charge in [0.2, 0.25) is 0 Å². The Hall–Kier alpha value is -1.27. The minimum atomic E-state index is -0.0114. The first-order valence-corrected chi connectivity index (χ1v) is 7.45. The van der Waals surface area contributed by atoms with Crippen LogP contribution >= 0.6 is 27.3 Å². The SMILES string of the molecule is NNC(c1ccc2cccnc2c1)c1ccc(Br)s1. The summed E-state index contributed by atoms with van der Waals surface area (Å²) in [6.07, 6.45) is 1.80. The maximum Gasteiger partial charge on any atom is 0.0803 e. The fourth-order valence-corrected chi connectivity index (χ4v) is 3.60. The van der Waals surface area contributed by atoms with Crippen LogP contribution in [0.1, 0.15) is 16.5 Å². The molecule has 19 heavy (non-hydrogen) atoms. The van der Waals surface area contributed by atoms with Crippen molar-refractivity contribution in [3.63, 3.8) is 0 Å². The maximum absolute atomic E-state index is 5.71. The number of thiophene rings is 1. The summed E-state index contributed by atoms with van der Waals surface area (Å²) in [6.45, 7) is 0. The number of hydrazine groups is 1. The van der Waals surface area contributed by atoms with Gasteiger partial charge in [-0.2, -0.15) is 0 Å². The number of rotatable bonds is 3. The molecule has 0 amide bonds. The van der Waals surface area contributed by atoms with Gasteiger partial charge in [-0.25, -0.2) is 5.43 Å². The molecule has 0 saturated carbocycles. The van der Waals surface area contributed by atoms with Crippen molar-refractivity contribution in [2.75, 3.05) is 0 Å². The Morgan fingerprint density at radius 2 is 2.11 bits per heavy atom. The predicted octanol–water partition coefficient (Wildman–Crippen LogP) is 3.61. The molecule has 0 aliphatic carbocycles. The van der Waals surface area contributed by atoms with E-state index in [1.54, 1.807) is 17.5 Å². The average molecular weight is 334 g/mol. The van der Waals surface area contributed by atoms with Crippen LogP contribution in [0.5, 0.6) is 0 Å². The van der Waals surface area contributed by atoms with Crippen molar-refractivity contribution < 1.29 is 0 Å². The Balaban J connectivity index is 2.06. The molecule has 2 aromatic heterocycles. The average Bonchev–Trinajstić information content (AvgIpc) is 2.86. The van der Waals surface area contributed by atoms with E-state index in [2.05, 4.69) is 56.7 Å². The third-order valence-electron chi connectivity index (χ3n) is 3.01. The Morgan fingerprint density at radius 3 is 2.84 bits per heavy atom. The Kier molecular flexibility index (Phi) is 3.61. The zero-order chi connectivity index (χ0) is 13.2. The molecule has 3 rings (SSSR count). The summed E-state index contributed by atoms with van der Waals surface area (Å²) in [5, 5.41) is 1.13. The minimum absolute atomic E-state index is 0.0114. The van der Waals surface area contributed by atoms with Crippen LogP contribution < -0.4 is 11.3 Å². The number of nitrogens with one attached hydrogen (secondary N) is 1. The molecule has 0 radical (unpaired) electrons. The molecular formula is C14H12BrN3S. The van der Waals surface area contributed by atoms with E-state index in [0.29, 0.717) is 0 Å². The predicted molar refractivity (Wildman–Crippen MR) is 82.9 cm³/mol. The highest BCUT2D eigenvalue weighted by Gasteiger charge is 2.15. The van der Waals surface area contributed by atoms with Crippen molar-refractivity contribution in [1.82, 2.24) is 10.4 Å². The molecule has 0 bridgehead atoms. The van der Waals surface area contributed by atoms with Gasteiger partial charge in [0.25, 0.3) is 0 Å². The van der Waals surface area contributed by atoms with Crippen LogP contribution in [-0.4, -0.2) is 4.98 Å². The summed E-state index contributed by atoms with van der Waals surface area (Å²) in [6, 6.07) is 14.3. The third kappa shape index (κ3) is 2.55. The highest BCUT2D eigenvalue weighted by molar-refractivity contribution is 9.11. The number of fused-ring (bicyclic) bond motifs is 1. The third-order valence-corrected chi connectivity index (χ3v) is 4.70. The monoisotopic (exact) mass is 333 g/mol. The molecule has 5 heteroatoms. The molecule has 0 spiro atoms. The fourth-order valence-electron chi connectivity index (χ4n) is 2.09. The molecule has 1 unspecified atom stereocenters. The molecule has 3 aromatic rings. The number of benzene rings is 1. The second-order valence-corrected chi connectivity index (χ2v) is 6.69. The molecule has 1 atom stereocenters. The van der Waals surface area contributed by atoms with E-state index in [4.69, 9.17) is 5.84 Å².